The highest BCUT2D eigenvalue weighted by atomic mass is 15.0. The molecule has 0 aliphatic carbocycles. The van der Waals surface area contributed by atoms with Crippen LogP contribution in [0.1, 0.15) is 127 Å². The van der Waals surface area contributed by atoms with Gasteiger partial charge in [0.05, 0.1) is 0 Å². The van der Waals surface area contributed by atoms with E-state index in [1.54, 1.807) is 0 Å². The van der Waals surface area contributed by atoms with Gasteiger partial charge in [0.15, 0.2) is 11.6 Å². The van der Waals surface area contributed by atoms with E-state index in [-0.39, 0.29) is 0 Å². The average molecular weight is 489 g/mol. The summed E-state index contributed by atoms with van der Waals surface area (Å²) in [5.41, 5.74) is 11.5. The monoisotopic (exact) mass is 488 g/mol. The van der Waals surface area contributed by atoms with Crippen molar-refractivity contribution in [2.45, 2.75) is 119 Å². The Kier molecular flexibility index (Phi) is 8.76. The lowest BCUT2D eigenvalue weighted by molar-refractivity contribution is 0.870. The Hall–Kier alpha value is -2.76. The van der Waals surface area contributed by atoms with Gasteiger partial charge in [0.1, 0.15) is 22.6 Å². The second-order valence-corrected chi connectivity index (χ2v) is 10.1. The molecule has 4 rings (SSSR count). The molecule has 36 heavy (non-hydrogen) atoms. The molecule has 0 unspecified atom stereocenters. The fraction of sp³-hybridized carbons (Fsp3) is 0.600. The molecule has 6 bridgehead atoms. The maximum Gasteiger partial charge on any atom is 0.160 e. The van der Waals surface area contributed by atoms with Crippen LogP contribution < -0.4 is 0 Å². The molecule has 0 spiro atoms. The number of nitrogens with zero attached hydrogens (tertiary/aromatic N) is 4. The molecule has 1 aliphatic rings. The Balaban J connectivity index is 2.20. The number of aromatic amines is 2. The highest BCUT2D eigenvalue weighted by molar-refractivity contribution is 5.90. The van der Waals surface area contributed by atoms with Crippen molar-refractivity contribution in [2.75, 3.05) is 0 Å². The number of hydrogen-bond acceptors (Lipinski definition) is 4. The molecule has 0 atom stereocenters. The number of aryl methyl sites for hydroxylation is 4. The van der Waals surface area contributed by atoms with Crippen molar-refractivity contribution >= 4 is 33.7 Å². The minimum absolute atomic E-state index is 0.838. The Morgan fingerprint density at radius 2 is 0.694 bits per heavy atom. The van der Waals surface area contributed by atoms with Gasteiger partial charge in [-0.2, -0.15) is 0 Å². The smallest absolute Gasteiger partial charge is 0.160 e. The molecule has 0 saturated carbocycles. The van der Waals surface area contributed by atoms with Crippen molar-refractivity contribution in [3.8, 4) is 0 Å². The molecule has 0 saturated heterocycles. The summed E-state index contributed by atoms with van der Waals surface area (Å²) < 4.78 is 0. The summed E-state index contributed by atoms with van der Waals surface area (Å²) in [6.45, 7) is 13.4. The molecule has 6 nitrogen and oxygen atoms in total. The van der Waals surface area contributed by atoms with Gasteiger partial charge in [0.2, 0.25) is 0 Å². The van der Waals surface area contributed by atoms with Crippen molar-refractivity contribution in [2.24, 2.45) is 0 Å². The first-order valence-electron chi connectivity index (χ1n) is 14.4. The summed E-state index contributed by atoms with van der Waals surface area (Å²) in [6.07, 6.45) is 12.3. The van der Waals surface area contributed by atoms with Crippen LogP contribution in [0.4, 0.5) is 0 Å². The molecule has 194 valence electrons. The van der Waals surface area contributed by atoms with Crippen LogP contribution in [0.15, 0.2) is 0 Å². The lowest BCUT2D eigenvalue weighted by atomic mass is 10.0. The minimum Gasteiger partial charge on any atom is -0.324 e. The molecule has 2 N–H and O–H groups in total. The summed E-state index contributed by atoms with van der Waals surface area (Å²) in [6, 6.07) is 0. The molecule has 3 aromatic heterocycles. The zero-order valence-electron chi connectivity index (χ0n) is 23.3. The van der Waals surface area contributed by atoms with E-state index in [9.17, 15) is 0 Å². The van der Waals surface area contributed by atoms with E-state index >= 15 is 0 Å². The van der Waals surface area contributed by atoms with E-state index in [2.05, 4.69) is 51.5 Å². The van der Waals surface area contributed by atoms with Gasteiger partial charge < -0.3 is 9.97 Å². The number of fused-ring (bicyclic) bond motifs is 6. The fourth-order valence-corrected chi connectivity index (χ4v) is 5.60. The standard InChI is InChI=1S/C30H44N6/c1-7-13-19-20(14-8-2)26-31-25(19)34-27-21(15-9-3)22(16-10-4)29(32-27)36-30-24(18-12-6)23(17-11-5)28(33-30)35-26/h7-18H2,1-6H3,(H2,31,32,33,34,35,36). The first-order chi connectivity index (χ1) is 17.6. The second kappa shape index (κ2) is 12.0. The van der Waals surface area contributed by atoms with Gasteiger partial charge >= 0.3 is 0 Å². The van der Waals surface area contributed by atoms with Gasteiger partial charge in [-0.05, 0) is 38.5 Å². The number of H-pyrrole nitrogens is 2. The lowest BCUT2D eigenvalue weighted by Gasteiger charge is -2.05. The summed E-state index contributed by atoms with van der Waals surface area (Å²) in [4.78, 5) is 28.1. The SMILES string of the molecule is CCCC1=C(CCC)c2nc1nc1[nH]c(nc3[nH]c(n2)c(CCC)c3CCC)c(CCC)c1CCC. The zero-order valence-corrected chi connectivity index (χ0v) is 23.3. The van der Waals surface area contributed by atoms with Crippen LogP contribution in [-0.4, -0.2) is 29.9 Å². The van der Waals surface area contributed by atoms with Gasteiger partial charge in [-0.3, -0.25) is 0 Å². The third-order valence-corrected chi connectivity index (χ3v) is 7.12. The quantitative estimate of drug-likeness (QED) is 0.271. The lowest BCUT2D eigenvalue weighted by Crippen LogP contribution is -1.94. The zero-order chi connectivity index (χ0) is 25.7. The number of hydrogen-bond donors (Lipinski definition) is 2. The number of rotatable bonds is 12. The molecule has 3 aromatic rings. The van der Waals surface area contributed by atoms with Crippen molar-refractivity contribution < 1.29 is 0 Å². The van der Waals surface area contributed by atoms with Crippen molar-refractivity contribution in [1.82, 2.24) is 29.9 Å². The van der Waals surface area contributed by atoms with E-state index in [4.69, 9.17) is 19.9 Å². The molecule has 0 radical (unpaired) electrons. The molecule has 6 heteroatoms. The van der Waals surface area contributed by atoms with Crippen LogP contribution in [-0.2, 0) is 25.7 Å². The van der Waals surface area contributed by atoms with E-state index in [0.717, 1.165) is 111 Å². The van der Waals surface area contributed by atoms with Crippen molar-refractivity contribution in [3.05, 3.63) is 33.9 Å². The molecule has 0 amide bonds. The molecular formula is C30H44N6. The largest absolute Gasteiger partial charge is 0.324 e. The van der Waals surface area contributed by atoms with E-state index in [1.165, 1.54) is 33.4 Å². The van der Waals surface area contributed by atoms with Gasteiger partial charge in [-0.15, -0.1) is 0 Å². The topological polar surface area (TPSA) is 83.1 Å². The first-order valence-corrected chi connectivity index (χ1v) is 14.4. The van der Waals surface area contributed by atoms with Gasteiger partial charge in [0, 0.05) is 33.4 Å². The minimum atomic E-state index is 0.838. The van der Waals surface area contributed by atoms with Crippen LogP contribution in [0.5, 0.6) is 0 Å². The summed E-state index contributed by atoms with van der Waals surface area (Å²) in [7, 11) is 0. The van der Waals surface area contributed by atoms with Crippen molar-refractivity contribution in [3.63, 3.8) is 0 Å². The predicted molar refractivity (Wildman–Crippen MR) is 152 cm³/mol. The molecule has 0 aromatic carbocycles. The normalized spacial score (nSPS) is 12.8. The van der Waals surface area contributed by atoms with E-state index in [0.29, 0.717) is 0 Å². The fourth-order valence-electron chi connectivity index (χ4n) is 5.60. The summed E-state index contributed by atoms with van der Waals surface area (Å²) in [5, 5.41) is 0. The number of aromatic nitrogens is 6. The summed E-state index contributed by atoms with van der Waals surface area (Å²) in [5.74, 6) is 1.68. The van der Waals surface area contributed by atoms with Gasteiger partial charge in [-0.1, -0.05) is 80.1 Å². The Bertz CT molecular complexity index is 1210. The Morgan fingerprint density at radius 1 is 0.389 bits per heavy atom. The molecule has 0 fully saturated rings. The molecule has 4 heterocycles. The molecular weight excluding hydrogens is 444 g/mol. The van der Waals surface area contributed by atoms with E-state index in [1.807, 2.05) is 0 Å². The number of nitrogens with one attached hydrogen (secondary N) is 2. The Labute approximate surface area is 216 Å². The highest BCUT2D eigenvalue weighted by Crippen LogP contribution is 2.35. The van der Waals surface area contributed by atoms with E-state index < -0.39 is 0 Å². The van der Waals surface area contributed by atoms with Crippen LogP contribution in [0, 0.1) is 0 Å². The Morgan fingerprint density at radius 3 is 1.00 bits per heavy atom. The number of allylic oxidation sites excluding steroid dienone is 2. The van der Waals surface area contributed by atoms with Crippen LogP contribution >= 0.6 is 0 Å². The van der Waals surface area contributed by atoms with Crippen molar-refractivity contribution in [1.29, 1.82) is 0 Å². The summed E-state index contributed by atoms with van der Waals surface area (Å²) >= 11 is 0. The van der Waals surface area contributed by atoms with Gasteiger partial charge in [-0.25, -0.2) is 19.9 Å². The third kappa shape index (κ3) is 5.05. The molecule has 1 aliphatic heterocycles. The maximum absolute atomic E-state index is 5.25. The van der Waals surface area contributed by atoms with Gasteiger partial charge in [0.25, 0.3) is 0 Å². The third-order valence-electron chi connectivity index (χ3n) is 7.12. The average Bonchev–Trinajstić information content (AvgIpc) is 3.45. The first kappa shape index (κ1) is 26.3. The second-order valence-electron chi connectivity index (χ2n) is 10.1. The predicted octanol–water partition coefficient (Wildman–Crippen LogP) is 7.99. The maximum atomic E-state index is 5.25. The van der Waals surface area contributed by atoms with Crippen LogP contribution in [0.25, 0.3) is 33.7 Å². The van der Waals surface area contributed by atoms with Crippen LogP contribution in [0.2, 0.25) is 0 Å². The van der Waals surface area contributed by atoms with Crippen LogP contribution in [0.3, 0.4) is 0 Å². The highest BCUT2D eigenvalue weighted by Gasteiger charge is 2.23.